The van der Waals surface area contributed by atoms with Crippen molar-refractivity contribution in [3.05, 3.63) is 82.6 Å². The molecule has 0 aliphatic carbocycles. The molecule has 4 rings (SSSR count). The van der Waals surface area contributed by atoms with E-state index in [4.69, 9.17) is 11.6 Å². The van der Waals surface area contributed by atoms with Gasteiger partial charge in [-0.1, -0.05) is 48.0 Å². The van der Waals surface area contributed by atoms with Crippen molar-refractivity contribution in [3.63, 3.8) is 0 Å². The van der Waals surface area contributed by atoms with Gasteiger partial charge in [-0.3, -0.25) is 4.79 Å². The third-order valence-corrected chi connectivity index (χ3v) is 4.80. The molecule has 0 aliphatic heterocycles. The van der Waals surface area contributed by atoms with Crippen LogP contribution in [0.5, 0.6) is 0 Å². The Balaban J connectivity index is 1.60. The Morgan fingerprint density at radius 1 is 1.04 bits per heavy atom. The molecule has 0 spiro atoms. The van der Waals surface area contributed by atoms with Crippen LogP contribution in [0.1, 0.15) is 21.7 Å². The van der Waals surface area contributed by atoms with E-state index in [1.807, 2.05) is 79.1 Å². The maximum Gasteiger partial charge on any atom is 0.204 e. The lowest BCUT2D eigenvalue weighted by Gasteiger charge is -2.10. The number of benzene rings is 2. The molecule has 0 fully saturated rings. The van der Waals surface area contributed by atoms with Gasteiger partial charge in [-0.05, 0) is 43.3 Å². The number of carbonyl (C=O) groups is 1. The van der Waals surface area contributed by atoms with E-state index < -0.39 is 0 Å². The zero-order chi connectivity index (χ0) is 19.7. The van der Waals surface area contributed by atoms with E-state index in [0.29, 0.717) is 16.4 Å². The molecule has 0 N–H and O–H groups in total. The van der Waals surface area contributed by atoms with Gasteiger partial charge in [0.1, 0.15) is 6.54 Å². The summed E-state index contributed by atoms with van der Waals surface area (Å²) < 4.78 is 2.02. The fourth-order valence-corrected chi connectivity index (χ4v) is 3.47. The van der Waals surface area contributed by atoms with Crippen LogP contribution in [0, 0.1) is 13.8 Å². The van der Waals surface area contributed by atoms with Gasteiger partial charge in [-0.2, -0.15) is 4.80 Å². The number of carbonyl (C=O) groups excluding carboxylic acids is 1. The van der Waals surface area contributed by atoms with E-state index in [1.165, 1.54) is 4.80 Å². The van der Waals surface area contributed by atoms with Crippen LogP contribution in [0.25, 0.3) is 17.1 Å². The largest absolute Gasteiger partial charge is 0.318 e. The molecule has 0 unspecified atom stereocenters. The van der Waals surface area contributed by atoms with Gasteiger partial charge in [0.2, 0.25) is 5.82 Å². The van der Waals surface area contributed by atoms with Crippen molar-refractivity contribution in [3.8, 4) is 17.1 Å². The molecular weight excluding hydrogens is 374 g/mol. The third kappa shape index (κ3) is 3.46. The maximum atomic E-state index is 12.9. The van der Waals surface area contributed by atoms with Crippen molar-refractivity contribution in [2.75, 3.05) is 0 Å². The summed E-state index contributed by atoms with van der Waals surface area (Å²) in [5.41, 5.74) is 4.23. The van der Waals surface area contributed by atoms with Crippen LogP contribution >= 0.6 is 11.6 Å². The first-order chi connectivity index (χ1) is 13.5. The standard InChI is InChI=1S/C21H18ClN5O/c1-14-11-19(15(2)27(14)18-10-6-9-17(22)12-18)20(28)13-26-24-21(23-25-26)16-7-4-3-5-8-16/h3-12H,13H2,1-2H3. The number of nitrogens with zero attached hydrogens (tertiary/aromatic N) is 5. The van der Waals surface area contributed by atoms with E-state index in [0.717, 1.165) is 22.6 Å². The number of aromatic nitrogens is 5. The zero-order valence-corrected chi connectivity index (χ0v) is 16.3. The molecule has 28 heavy (non-hydrogen) atoms. The smallest absolute Gasteiger partial charge is 0.204 e. The first-order valence-electron chi connectivity index (χ1n) is 8.84. The Hall–Kier alpha value is -3.25. The summed E-state index contributed by atoms with van der Waals surface area (Å²) in [5.74, 6) is 0.427. The lowest BCUT2D eigenvalue weighted by Crippen LogP contribution is -2.14. The summed E-state index contributed by atoms with van der Waals surface area (Å²) in [6, 6.07) is 19.0. The molecule has 6 nitrogen and oxygen atoms in total. The fraction of sp³-hybridized carbons (Fsp3) is 0.143. The molecule has 0 bridgehead atoms. The Labute approximate surface area is 167 Å². The van der Waals surface area contributed by atoms with E-state index in [1.54, 1.807) is 0 Å². The third-order valence-electron chi connectivity index (χ3n) is 4.57. The van der Waals surface area contributed by atoms with Crippen LogP contribution in [0.15, 0.2) is 60.7 Å². The summed E-state index contributed by atoms with van der Waals surface area (Å²) in [5, 5.41) is 13.0. The number of tetrazole rings is 1. The molecule has 0 amide bonds. The lowest BCUT2D eigenvalue weighted by molar-refractivity contribution is 0.0961. The molecule has 0 saturated heterocycles. The number of aryl methyl sites for hydroxylation is 1. The summed E-state index contributed by atoms with van der Waals surface area (Å²) in [6.07, 6.45) is 0. The highest BCUT2D eigenvalue weighted by Gasteiger charge is 2.18. The maximum absolute atomic E-state index is 12.9. The minimum Gasteiger partial charge on any atom is -0.318 e. The van der Waals surface area contributed by atoms with E-state index in [-0.39, 0.29) is 12.3 Å². The predicted octanol–water partition coefficient (Wildman–Crippen LogP) is 4.28. The molecule has 0 atom stereocenters. The second kappa shape index (κ2) is 7.40. The number of hydrogen-bond donors (Lipinski definition) is 0. The molecule has 2 heterocycles. The highest BCUT2D eigenvalue weighted by Crippen LogP contribution is 2.23. The van der Waals surface area contributed by atoms with Gasteiger partial charge in [0.25, 0.3) is 0 Å². The van der Waals surface area contributed by atoms with Crippen LogP contribution in [0.2, 0.25) is 5.02 Å². The molecule has 0 radical (unpaired) electrons. The number of ketones is 1. The molecule has 140 valence electrons. The van der Waals surface area contributed by atoms with Gasteiger partial charge < -0.3 is 4.57 Å². The van der Waals surface area contributed by atoms with Crippen LogP contribution in [-0.2, 0) is 6.54 Å². The molecule has 2 aromatic carbocycles. The van der Waals surface area contributed by atoms with Crippen molar-refractivity contribution in [2.45, 2.75) is 20.4 Å². The van der Waals surface area contributed by atoms with E-state index in [9.17, 15) is 4.79 Å². The zero-order valence-electron chi connectivity index (χ0n) is 15.5. The monoisotopic (exact) mass is 391 g/mol. The van der Waals surface area contributed by atoms with Crippen molar-refractivity contribution in [2.24, 2.45) is 0 Å². The fourth-order valence-electron chi connectivity index (χ4n) is 3.28. The number of hydrogen-bond acceptors (Lipinski definition) is 4. The molecule has 7 heteroatoms. The lowest BCUT2D eigenvalue weighted by atomic mass is 10.1. The molecule has 0 saturated carbocycles. The minimum atomic E-state index is -0.0709. The first kappa shape index (κ1) is 18.1. The van der Waals surface area contributed by atoms with Gasteiger partial charge in [0.15, 0.2) is 5.78 Å². The Bertz CT molecular complexity index is 1150. The van der Waals surface area contributed by atoms with Gasteiger partial charge in [0, 0.05) is 33.2 Å². The van der Waals surface area contributed by atoms with E-state index >= 15 is 0 Å². The minimum absolute atomic E-state index is 0.0275. The normalized spacial score (nSPS) is 11.0. The van der Waals surface area contributed by atoms with Crippen molar-refractivity contribution >= 4 is 17.4 Å². The Morgan fingerprint density at radius 3 is 2.57 bits per heavy atom. The van der Waals surface area contributed by atoms with Gasteiger partial charge in [0.05, 0.1) is 0 Å². The average Bonchev–Trinajstić information content (AvgIpc) is 3.26. The van der Waals surface area contributed by atoms with Crippen LogP contribution in [0.4, 0.5) is 0 Å². The Morgan fingerprint density at radius 2 is 1.82 bits per heavy atom. The van der Waals surface area contributed by atoms with Crippen molar-refractivity contribution < 1.29 is 4.79 Å². The SMILES string of the molecule is Cc1cc(C(=O)Cn2nnc(-c3ccccc3)n2)c(C)n1-c1cccc(Cl)c1. The summed E-state index contributed by atoms with van der Waals surface area (Å²) in [6.45, 7) is 3.91. The number of Topliss-reactive ketones (excluding diaryl/α,β-unsaturated/α-hetero) is 1. The summed E-state index contributed by atoms with van der Waals surface area (Å²) in [7, 11) is 0. The van der Waals surface area contributed by atoms with Crippen molar-refractivity contribution in [1.29, 1.82) is 0 Å². The van der Waals surface area contributed by atoms with Gasteiger partial charge >= 0.3 is 0 Å². The molecule has 0 aliphatic rings. The highest BCUT2D eigenvalue weighted by atomic mass is 35.5. The molecule has 2 aromatic heterocycles. The van der Waals surface area contributed by atoms with Gasteiger partial charge in [-0.15, -0.1) is 10.2 Å². The first-order valence-corrected chi connectivity index (χ1v) is 9.22. The predicted molar refractivity (Wildman–Crippen MR) is 108 cm³/mol. The molecule has 4 aromatic rings. The van der Waals surface area contributed by atoms with E-state index in [2.05, 4.69) is 15.4 Å². The second-order valence-corrected chi connectivity index (χ2v) is 6.97. The summed E-state index contributed by atoms with van der Waals surface area (Å²) in [4.78, 5) is 14.2. The number of halogens is 1. The topological polar surface area (TPSA) is 65.6 Å². The summed E-state index contributed by atoms with van der Waals surface area (Å²) >= 11 is 6.12. The Kier molecular flexibility index (Phi) is 4.79. The number of rotatable bonds is 5. The average molecular weight is 392 g/mol. The van der Waals surface area contributed by atoms with Crippen LogP contribution in [-0.4, -0.2) is 30.6 Å². The van der Waals surface area contributed by atoms with Crippen molar-refractivity contribution in [1.82, 2.24) is 24.8 Å². The quantitative estimate of drug-likeness (QED) is 0.476. The van der Waals surface area contributed by atoms with Crippen LogP contribution < -0.4 is 0 Å². The second-order valence-electron chi connectivity index (χ2n) is 6.53. The van der Waals surface area contributed by atoms with Crippen LogP contribution in [0.3, 0.4) is 0 Å². The molecular formula is C21H18ClN5O. The van der Waals surface area contributed by atoms with Gasteiger partial charge in [-0.25, -0.2) is 0 Å². The highest BCUT2D eigenvalue weighted by molar-refractivity contribution is 6.30.